The fourth-order valence-electron chi connectivity index (χ4n) is 3.30. The third-order valence-corrected chi connectivity index (χ3v) is 4.64. The first-order valence-electron chi connectivity index (χ1n) is 9.78. The highest BCUT2D eigenvalue weighted by Gasteiger charge is 2.24. The molecule has 2 aromatic carbocycles. The zero-order valence-electron chi connectivity index (χ0n) is 17.1. The van der Waals surface area contributed by atoms with Crippen LogP contribution in [-0.2, 0) is 0 Å². The van der Waals surface area contributed by atoms with E-state index in [-0.39, 0.29) is 5.91 Å². The summed E-state index contributed by atoms with van der Waals surface area (Å²) in [5.74, 6) is 2.15. The van der Waals surface area contributed by atoms with Gasteiger partial charge in [-0.15, -0.1) is 0 Å². The molecule has 4 rings (SSSR count). The smallest absolute Gasteiger partial charge is 0.257 e. The molecule has 0 radical (unpaired) electrons. The van der Waals surface area contributed by atoms with Crippen molar-refractivity contribution in [1.29, 1.82) is 0 Å². The molecule has 0 aliphatic carbocycles. The van der Waals surface area contributed by atoms with Crippen molar-refractivity contribution < 1.29 is 14.3 Å². The number of anilines is 5. The minimum atomic E-state index is -0.187. The summed E-state index contributed by atoms with van der Waals surface area (Å²) < 4.78 is 11.3. The van der Waals surface area contributed by atoms with Gasteiger partial charge in [-0.05, 0) is 38.1 Å². The summed E-state index contributed by atoms with van der Waals surface area (Å²) >= 11 is 0. The number of fused-ring (bicyclic) bond motifs is 2. The van der Waals surface area contributed by atoms with Crippen LogP contribution in [0.25, 0.3) is 0 Å². The molecule has 1 aliphatic rings. The molecule has 3 aromatic rings. The van der Waals surface area contributed by atoms with Gasteiger partial charge >= 0.3 is 0 Å². The molecular formula is C22H23N5O3. The average Bonchev–Trinajstić information content (AvgIpc) is 2.86. The van der Waals surface area contributed by atoms with Crippen LogP contribution in [0.3, 0.4) is 0 Å². The minimum Gasteiger partial charge on any atom is -0.490 e. The maximum absolute atomic E-state index is 12.5. The Balaban J connectivity index is 1.66. The van der Waals surface area contributed by atoms with Gasteiger partial charge < -0.3 is 25.0 Å². The molecule has 2 N–H and O–H groups in total. The van der Waals surface area contributed by atoms with Crippen molar-refractivity contribution in [3.8, 4) is 11.5 Å². The fourth-order valence-corrected chi connectivity index (χ4v) is 3.30. The van der Waals surface area contributed by atoms with E-state index >= 15 is 0 Å². The average molecular weight is 405 g/mol. The SMILES string of the molecule is CCOc1ccc(Nc2ncc3c(n2)N(C)c2ccccc2C(=O)N3)cc1OCC. The van der Waals surface area contributed by atoms with Crippen LogP contribution in [0.15, 0.2) is 48.7 Å². The van der Waals surface area contributed by atoms with Crippen LogP contribution in [0.1, 0.15) is 24.2 Å². The van der Waals surface area contributed by atoms with Crippen LogP contribution in [0.4, 0.5) is 28.8 Å². The van der Waals surface area contributed by atoms with E-state index in [2.05, 4.69) is 20.6 Å². The number of aromatic nitrogens is 2. The van der Waals surface area contributed by atoms with E-state index in [1.807, 2.05) is 62.2 Å². The normalized spacial score (nSPS) is 12.4. The van der Waals surface area contributed by atoms with E-state index in [9.17, 15) is 4.79 Å². The van der Waals surface area contributed by atoms with Gasteiger partial charge in [-0.1, -0.05) is 12.1 Å². The second-order valence-corrected chi connectivity index (χ2v) is 6.61. The molecule has 8 heteroatoms. The third kappa shape index (κ3) is 3.71. The zero-order valence-corrected chi connectivity index (χ0v) is 17.1. The van der Waals surface area contributed by atoms with Gasteiger partial charge in [0.2, 0.25) is 5.95 Å². The van der Waals surface area contributed by atoms with E-state index in [4.69, 9.17) is 9.47 Å². The number of carbonyl (C=O) groups is 1. The van der Waals surface area contributed by atoms with E-state index in [1.54, 1.807) is 12.3 Å². The number of carbonyl (C=O) groups excluding carboxylic acids is 1. The Bertz CT molecular complexity index is 1090. The number of hydrogen-bond donors (Lipinski definition) is 2. The second kappa shape index (κ2) is 8.28. The highest BCUT2D eigenvalue weighted by molar-refractivity contribution is 6.11. The Morgan fingerprint density at radius 2 is 1.83 bits per heavy atom. The molecule has 0 bridgehead atoms. The molecule has 0 spiro atoms. The van der Waals surface area contributed by atoms with Crippen LogP contribution in [0, 0.1) is 0 Å². The highest BCUT2D eigenvalue weighted by atomic mass is 16.5. The van der Waals surface area contributed by atoms with Crippen LogP contribution in [-0.4, -0.2) is 36.1 Å². The Morgan fingerprint density at radius 1 is 1.07 bits per heavy atom. The first kappa shape index (κ1) is 19.5. The topological polar surface area (TPSA) is 88.6 Å². The molecular weight excluding hydrogens is 382 g/mol. The summed E-state index contributed by atoms with van der Waals surface area (Å²) in [5.41, 5.74) is 2.67. The monoisotopic (exact) mass is 405 g/mol. The van der Waals surface area contributed by atoms with E-state index < -0.39 is 0 Å². The molecule has 2 heterocycles. The summed E-state index contributed by atoms with van der Waals surface area (Å²) in [6.45, 7) is 4.94. The van der Waals surface area contributed by atoms with Gasteiger partial charge in [-0.25, -0.2) is 4.98 Å². The highest BCUT2D eigenvalue weighted by Crippen LogP contribution is 2.36. The third-order valence-electron chi connectivity index (χ3n) is 4.64. The second-order valence-electron chi connectivity index (χ2n) is 6.61. The molecule has 8 nitrogen and oxygen atoms in total. The predicted molar refractivity (Wildman–Crippen MR) is 117 cm³/mol. The fraction of sp³-hybridized carbons (Fsp3) is 0.227. The number of ether oxygens (including phenoxy) is 2. The van der Waals surface area contributed by atoms with Crippen molar-refractivity contribution in [2.24, 2.45) is 0 Å². The number of nitrogens with one attached hydrogen (secondary N) is 2. The van der Waals surface area contributed by atoms with Crippen molar-refractivity contribution in [1.82, 2.24) is 9.97 Å². The van der Waals surface area contributed by atoms with Gasteiger partial charge in [-0.2, -0.15) is 4.98 Å². The van der Waals surface area contributed by atoms with Crippen LogP contribution < -0.4 is 25.0 Å². The Morgan fingerprint density at radius 3 is 2.63 bits per heavy atom. The van der Waals surface area contributed by atoms with Gasteiger partial charge in [0.25, 0.3) is 5.91 Å². The van der Waals surface area contributed by atoms with Gasteiger partial charge in [0, 0.05) is 18.8 Å². The lowest BCUT2D eigenvalue weighted by molar-refractivity contribution is 0.102. The maximum atomic E-state index is 12.5. The predicted octanol–water partition coefficient (Wildman–Crippen LogP) is 4.35. The molecule has 1 aliphatic heterocycles. The van der Waals surface area contributed by atoms with Gasteiger partial charge in [0.15, 0.2) is 17.3 Å². The van der Waals surface area contributed by atoms with E-state index in [0.717, 1.165) is 11.4 Å². The number of hydrogen-bond acceptors (Lipinski definition) is 7. The van der Waals surface area contributed by atoms with Crippen molar-refractivity contribution in [3.05, 3.63) is 54.2 Å². The first-order chi connectivity index (χ1) is 14.6. The molecule has 0 saturated carbocycles. The molecule has 1 amide bonds. The summed E-state index contributed by atoms with van der Waals surface area (Å²) in [5, 5.41) is 6.08. The lowest BCUT2D eigenvalue weighted by atomic mass is 10.1. The van der Waals surface area contributed by atoms with E-state index in [1.165, 1.54) is 0 Å². The van der Waals surface area contributed by atoms with E-state index in [0.29, 0.717) is 47.7 Å². The molecule has 0 unspecified atom stereocenters. The Hall–Kier alpha value is -3.81. The number of nitrogens with zero attached hydrogens (tertiary/aromatic N) is 3. The lowest BCUT2D eigenvalue weighted by Crippen LogP contribution is -2.13. The molecule has 0 saturated heterocycles. The zero-order chi connectivity index (χ0) is 21.1. The number of para-hydroxylation sites is 1. The Labute approximate surface area is 174 Å². The van der Waals surface area contributed by atoms with Crippen molar-refractivity contribution in [2.75, 3.05) is 35.8 Å². The van der Waals surface area contributed by atoms with Crippen molar-refractivity contribution in [3.63, 3.8) is 0 Å². The quantitative estimate of drug-likeness (QED) is 0.630. The number of benzene rings is 2. The van der Waals surface area contributed by atoms with Gasteiger partial charge in [0.05, 0.1) is 30.7 Å². The summed E-state index contributed by atoms with van der Waals surface area (Å²) in [6, 6.07) is 13.0. The molecule has 0 fully saturated rings. The van der Waals surface area contributed by atoms with Crippen molar-refractivity contribution >= 4 is 34.7 Å². The molecule has 154 valence electrons. The number of amides is 1. The molecule has 0 atom stereocenters. The first-order valence-corrected chi connectivity index (χ1v) is 9.78. The summed E-state index contributed by atoms with van der Waals surface area (Å²) in [7, 11) is 1.87. The summed E-state index contributed by atoms with van der Waals surface area (Å²) in [4.78, 5) is 23.4. The molecule has 1 aromatic heterocycles. The standard InChI is InChI=1S/C22H23N5O3/c1-4-29-18-11-10-14(12-19(18)30-5-2)24-22-23-13-16-20(26-22)27(3)17-9-7-6-8-15(17)21(28)25-16/h6-13H,4-5H2,1-3H3,(H,25,28)(H,23,24,26). The maximum Gasteiger partial charge on any atom is 0.257 e. The van der Waals surface area contributed by atoms with Crippen LogP contribution in [0.2, 0.25) is 0 Å². The van der Waals surface area contributed by atoms with Crippen LogP contribution in [0.5, 0.6) is 11.5 Å². The van der Waals surface area contributed by atoms with Crippen LogP contribution >= 0.6 is 0 Å². The van der Waals surface area contributed by atoms with Gasteiger partial charge in [-0.3, -0.25) is 4.79 Å². The minimum absolute atomic E-state index is 0.187. The molecule has 30 heavy (non-hydrogen) atoms. The lowest BCUT2D eigenvalue weighted by Gasteiger charge is -2.20. The number of rotatable bonds is 6. The summed E-state index contributed by atoms with van der Waals surface area (Å²) in [6.07, 6.45) is 1.60. The van der Waals surface area contributed by atoms with Gasteiger partial charge in [0.1, 0.15) is 5.69 Å². The Kier molecular flexibility index (Phi) is 5.38. The van der Waals surface area contributed by atoms with Crippen molar-refractivity contribution in [2.45, 2.75) is 13.8 Å². The largest absolute Gasteiger partial charge is 0.490 e.